The van der Waals surface area contributed by atoms with Crippen LogP contribution in [0.2, 0.25) is 0 Å². The molecule has 0 unspecified atom stereocenters. The van der Waals surface area contributed by atoms with Crippen LogP contribution < -0.4 is 0 Å². The van der Waals surface area contributed by atoms with Crippen LogP contribution >= 0.6 is 17.0 Å². The lowest BCUT2D eigenvalue weighted by Crippen LogP contribution is -1.99. The largest absolute Gasteiger partial charge is 0.312 e. The second-order valence-electron chi connectivity index (χ2n) is 3.18. The van der Waals surface area contributed by atoms with Gasteiger partial charge in [-0.15, -0.1) is 17.0 Å². The molecule has 0 heterocycles. The van der Waals surface area contributed by atoms with Crippen molar-refractivity contribution in [1.29, 1.82) is 0 Å². The van der Waals surface area contributed by atoms with Gasteiger partial charge in [-0.2, -0.15) is 0 Å². The Labute approximate surface area is 81.2 Å². The van der Waals surface area contributed by atoms with Crippen molar-refractivity contribution in [3.8, 4) is 0 Å². The second-order valence-corrected chi connectivity index (χ2v) is 3.18. The fraction of sp³-hybridized carbons (Fsp3) is 0.778. The highest BCUT2D eigenvalue weighted by atomic mass is 79.9. The van der Waals surface area contributed by atoms with E-state index in [-0.39, 0.29) is 17.0 Å². The van der Waals surface area contributed by atoms with Crippen molar-refractivity contribution in [2.24, 2.45) is 5.92 Å². The lowest BCUT2D eigenvalue weighted by Gasteiger charge is -1.90. The number of hydrogen-bond acceptors (Lipinski definition) is 1. The maximum absolute atomic E-state index is 2.25. The molecule has 0 bridgehead atoms. The van der Waals surface area contributed by atoms with Gasteiger partial charge in [0.2, 0.25) is 0 Å². The van der Waals surface area contributed by atoms with E-state index in [0.717, 1.165) is 5.92 Å². The van der Waals surface area contributed by atoms with Gasteiger partial charge in [-0.05, 0) is 33.5 Å². The molecular formula is C9H20BrN. The first-order chi connectivity index (χ1) is 4.66. The van der Waals surface area contributed by atoms with Gasteiger partial charge >= 0.3 is 0 Å². The van der Waals surface area contributed by atoms with Crippen LogP contribution in [0.25, 0.3) is 0 Å². The molecule has 0 saturated heterocycles. The Morgan fingerprint density at radius 2 is 1.55 bits per heavy atom. The molecule has 0 aromatic heterocycles. The number of hydrogen-bond donors (Lipinski definition) is 0. The van der Waals surface area contributed by atoms with Crippen molar-refractivity contribution < 1.29 is 0 Å². The average molecular weight is 222 g/mol. The Morgan fingerprint density at radius 3 is 1.64 bits per heavy atom. The predicted molar refractivity (Wildman–Crippen MR) is 57.5 cm³/mol. The zero-order valence-corrected chi connectivity index (χ0v) is 9.71. The van der Waals surface area contributed by atoms with Gasteiger partial charge < -0.3 is 4.90 Å². The molecule has 0 amide bonds. The van der Waals surface area contributed by atoms with E-state index in [1.165, 1.54) is 12.8 Å². The standard InChI is InChI=1S/C6H10.C3H9N.BrH/c1-2-3-6-4-5-6;1-4(2)3;/h4-6H,2-3H2,1H3;1-3H3;1H. The van der Waals surface area contributed by atoms with Crippen molar-refractivity contribution in [1.82, 2.24) is 4.90 Å². The van der Waals surface area contributed by atoms with Crippen molar-refractivity contribution in [3.63, 3.8) is 0 Å². The SMILES string of the molecule is Br.CCCC1C=C1.CN(C)C. The summed E-state index contributed by atoms with van der Waals surface area (Å²) >= 11 is 0. The molecule has 2 heteroatoms. The van der Waals surface area contributed by atoms with Crippen LogP contribution in [0.4, 0.5) is 0 Å². The monoisotopic (exact) mass is 221 g/mol. The molecule has 11 heavy (non-hydrogen) atoms. The molecule has 0 spiro atoms. The van der Waals surface area contributed by atoms with Crippen molar-refractivity contribution >= 4 is 17.0 Å². The van der Waals surface area contributed by atoms with E-state index in [9.17, 15) is 0 Å². The number of rotatable bonds is 2. The fourth-order valence-electron chi connectivity index (χ4n) is 0.604. The highest BCUT2D eigenvalue weighted by Gasteiger charge is 2.06. The van der Waals surface area contributed by atoms with Crippen LogP contribution in [0.3, 0.4) is 0 Å². The van der Waals surface area contributed by atoms with Crippen LogP contribution in [0.15, 0.2) is 12.2 Å². The quantitative estimate of drug-likeness (QED) is 0.649. The summed E-state index contributed by atoms with van der Waals surface area (Å²) in [5.41, 5.74) is 0. The summed E-state index contributed by atoms with van der Waals surface area (Å²) in [6.07, 6.45) is 7.21. The smallest absolute Gasteiger partial charge is 0.00532 e. The minimum Gasteiger partial charge on any atom is -0.312 e. The predicted octanol–water partition coefficient (Wildman–Crippen LogP) is 2.73. The van der Waals surface area contributed by atoms with Gasteiger partial charge in [0.1, 0.15) is 0 Å². The molecular weight excluding hydrogens is 202 g/mol. The van der Waals surface area contributed by atoms with Crippen molar-refractivity contribution in [2.75, 3.05) is 21.1 Å². The molecule has 0 fully saturated rings. The van der Waals surface area contributed by atoms with Gasteiger partial charge in [0, 0.05) is 0 Å². The minimum absolute atomic E-state index is 0. The Kier molecular flexibility index (Phi) is 10.3. The maximum Gasteiger partial charge on any atom is -0.00532 e. The molecule has 1 rings (SSSR count). The van der Waals surface area contributed by atoms with Crippen molar-refractivity contribution in [2.45, 2.75) is 19.8 Å². The molecule has 0 N–H and O–H groups in total. The summed E-state index contributed by atoms with van der Waals surface area (Å²) in [4.78, 5) is 2.00. The normalized spacial score (nSPS) is 13.5. The average Bonchev–Trinajstić information content (AvgIpc) is 2.48. The first-order valence-corrected chi connectivity index (χ1v) is 3.96. The van der Waals surface area contributed by atoms with E-state index in [2.05, 4.69) is 19.1 Å². The van der Waals surface area contributed by atoms with E-state index in [1.807, 2.05) is 26.0 Å². The minimum atomic E-state index is 0. The fourth-order valence-corrected chi connectivity index (χ4v) is 0.604. The Bertz CT molecular complexity index is 91.0. The van der Waals surface area contributed by atoms with Crippen LogP contribution in [0.1, 0.15) is 19.8 Å². The number of halogens is 1. The summed E-state index contributed by atoms with van der Waals surface area (Å²) < 4.78 is 0. The third kappa shape index (κ3) is 17.8. The number of nitrogens with zero attached hydrogens (tertiary/aromatic N) is 1. The highest BCUT2D eigenvalue weighted by Crippen LogP contribution is 2.20. The summed E-state index contributed by atoms with van der Waals surface area (Å²) in [6, 6.07) is 0. The van der Waals surface area contributed by atoms with Gasteiger partial charge in [0.15, 0.2) is 0 Å². The summed E-state index contributed by atoms with van der Waals surface area (Å²) in [6.45, 7) is 2.22. The van der Waals surface area contributed by atoms with Crippen molar-refractivity contribution in [3.05, 3.63) is 12.2 Å². The Balaban J connectivity index is 0. The van der Waals surface area contributed by atoms with Gasteiger partial charge in [-0.1, -0.05) is 25.5 Å². The maximum atomic E-state index is 2.25. The topological polar surface area (TPSA) is 3.24 Å². The van der Waals surface area contributed by atoms with E-state index in [0.29, 0.717) is 0 Å². The molecule has 68 valence electrons. The number of allylic oxidation sites excluding steroid dienone is 2. The van der Waals surface area contributed by atoms with Crippen LogP contribution in [0, 0.1) is 5.92 Å². The van der Waals surface area contributed by atoms with Crippen LogP contribution in [-0.4, -0.2) is 26.0 Å². The van der Waals surface area contributed by atoms with Crippen LogP contribution in [0.5, 0.6) is 0 Å². The van der Waals surface area contributed by atoms with Gasteiger partial charge in [0.05, 0.1) is 0 Å². The first kappa shape index (κ1) is 13.7. The van der Waals surface area contributed by atoms with Gasteiger partial charge in [-0.3, -0.25) is 0 Å². The Hall–Kier alpha value is 0.180. The van der Waals surface area contributed by atoms with Gasteiger partial charge in [-0.25, -0.2) is 0 Å². The van der Waals surface area contributed by atoms with Crippen LogP contribution in [-0.2, 0) is 0 Å². The summed E-state index contributed by atoms with van der Waals surface area (Å²) in [5.74, 6) is 0.898. The van der Waals surface area contributed by atoms with E-state index in [1.54, 1.807) is 0 Å². The molecule has 1 nitrogen and oxygen atoms in total. The second kappa shape index (κ2) is 8.28. The molecule has 1 aliphatic rings. The molecule has 0 aliphatic heterocycles. The molecule has 0 aromatic carbocycles. The Morgan fingerprint density at radius 1 is 1.18 bits per heavy atom. The zero-order valence-electron chi connectivity index (χ0n) is 8.00. The van der Waals surface area contributed by atoms with Gasteiger partial charge in [0.25, 0.3) is 0 Å². The molecule has 0 saturated carbocycles. The molecule has 0 atom stereocenters. The summed E-state index contributed by atoms with van der Waals surface area (Å²) in [7, 11) is 6.00. The zero-order chi connectivity index (χ0) is 7.98. The third-order valence-electron chi connectivity index (χ3n) is 1.09. The summed E-state index contributed by atoms with van der Waals surface area (Å²) in [5, 5.41) is 0. The first-order valence-electron chi connectivity index (χ1n) is 3.96. The molecule has 1 aliphatic carbocycles. The third-order valence-corrected chi connectivity index (χ3v) is 1.09. The lowest BCUT2D eigenvalue weighted by molar-refractivity contribution is 0.505. The highest BCUT2D eigenvalue weighted by molar-refractivity contribution is 8.93. The van der Waals surface area contributed by atoms with E-state index < -0.39 is 0 Å². The van der Waals surface area contributed by atoms with E-state index >= 15 is 0 Å². The lowest BCUT2D eigenvalue weighted by atomic mass is 10.2. The molecule has 0 radical (unpaired) electrons. The van der Waals surface area contributed by atoms with E-state index in [4.69, 9.17) is 0 Å². The molecule has 0 aromatic rings.